The highest BCUT2D eigenvalue weighted by Gasteiger charge is 2.30. The van der Waals surface area contributed by atoms with Crippen molar-refractivity contribution in [2.75, 3.05) is 32.8 Å². The van der Waals surface area contributed by atoms with Crippen LogP contribution >= 0.6 is 11.3 Å². The van der Waals surface area contributed by atoms with Crippen molar-refractivity contribution in [3.05, 3.63) is 46.3 Å². The number of hydrogen-bond donors (Lipinski definition) is 0. The average molecular weight is 435 g/mol. The lowest BCUT2D eigenvalue weighted by molar-refractivity contribution is 0.206. The van der Waals surface area contributed by atoms with Gasteiger partial charge in [0.2, 0.25) is 10.0 Å². The number of piperidine rings is 1. The first-order valence-electron chi connectivity index (χ1n) is 10.6. The molecule has 1 aromatic carbocycles. The number of likely N-dealkylation sites (tertiary alicyclic amines) is 1. The zero-order valence-electron chi connectivity index (χ0n) is 17.1. The highest BCUT2D eigenvalue weighted by Crippen LogP contribution is 2.35. The molecular formula is C22H30N2O3S2. The third-order valence-corrected chi connectivity index (χ3v) is 8.99. The van der Waals surface area contributed by atoms with Crippen molar-refractivity contribution < 1.29 is 13.2 Å². The first-order chi connectivity index (χ1) is 14.0. The lowest BCUT2D eigenvalue weighted by atomic mass is 10.1. The van der Waals surface area contributed by atoms with Crippen molar-refractivity contribution in [2.24, 2.45) is 0 Å². The van der Waals surface area contributed by atoms with Gasteiger partial charge in [0.15, 0.2) is 5.06 Å². The van der Waals surface area contributed by atoms with Gasteiger partial charge in [0, 0.05) is 24.5 Å². The fraction of sp³-hybridized carbons (Fsp3) is 0.545. The lowest BCUT2D eigenvalue weighted by Crippen LogP contribution is -2.35. The maximum Gasteiger partial charge on any atom is 0.243 e. The van der Waals surface area contributed by atoms with Crippen LogP contribution < -0.4 is 4.74 Å². The van der Waals surface area contributed by atoms with Gasteiger partial charge in [0.05, 0.1) is 11.5 Å². The fourth-order valence-electron chi connectivity index (χ4n) is 4.19. The van der Waals surface area contributed by atoms with Gasteiger partial charge in [0.1, 0.15) is 0 Å². The Morgan fingerprint density at radius 1 is 1.10 bits per heavy atom. The lowest BCUT2D eigenvalue weighted by Gasteiger charge is -2.26. The van der Waals surface area contributed by atoms with Gasteiger partial charge in [-0.3, -0.25) is 0 Å². The van der Waals surface area contributed by atoms with Gasteiger partial charge in [0.25, 0.3) is 0 Å². The quantitative estimate of drug-likeness (QED) is 0.617. The van der Waals surface area contributed by atoms with E-state index in [9.17, 15) is 8.42 Å². The third kappa shape index (κ3) is 4.85. The molecule has 2 aliphatic heterocycles. The van der Waals surface area contributed by atoms with E-state index in [1.165, 1.54) is 37.2 Å². The maximum absolute atomic E-state index is 13.1. The molecule has 0 bridgehead atoms. The summed E-state index contributed by atoms with van der Waals surface area (Å²) in [6.07, 6.45) is 5.80. The first-order valence-corrected chi connectivity index (χ1v) is 12.8. The van der Waals surface area contributed by atoms with E-state index in [1.54, 1.807) is 27.8 Å². The second kappa shape index (κ2) is 9.16. The molecule has 0 N–H and O–H groups in total. The molecule has 1 aromatic heterocycles. The molecule has 0 amide bonds. The summed E-state index contributed by atoms with van der Waals surface area (Å²) < 4.78 is 33.8. The molecule has 4 rings (SSSR count). The topological polar surface area (TPSA) is 49.9 Å². The SMILES string of the molecule is Cc1ccccc1S(=O)(=O)N1CCc2sc(OCCCN3CCCCC3)cc2C1. The van der Waals surface area contributed by atoms with Gasteiger partial charge in [-0.05, 0) is 69.0 Å². The molecule has 2 aromatic rings. The summed E-state index contributed by atoms with van der Waals surface area (Å²) in [5.74, 6) is 0. The Balaban J connectivity index is 1.34. The van der Waals surface area contributed by atoms with Crippen molar-refractivity contribution in [1.82, 2.24) is 9.21 Å². The number of sulfonamides is 1. The largest absolute Gasteiger partial charge is 0.484 e. The zero-order chi connectivity index (χ0) is 20.3. The molecule has 0 radical (unpaired) electrons. The van der Waals surface area contributed by atoms with Crippen LogP contribution in [0.4, 0.5) is 0 Å². The number of ether oxygens (including phenoxy) is 1. The van der Waals surface area contributed by atoms with E-state index in [2.05, 4.69) is 4.90 Å². The number of aryl methyl sites for hydroxylation is 1. The summed E-state index contributed by atoms with van der Waals surface area (Å²) in [5, 5.41) is 0.920. The molecule has 5 nitrogen and oxygen atoms in total. The summed E-state index contributed by atoms with van der Waals surface area (Å²) in [6.45, 7) is 7.08. The molecule has 0 atom stereocenters. The zero-order valence-corrected chi connectivity index (χ0v) is 18.7. The second-order valence-corrected chi connectivity index (χ2v) is 11.0. The highest BCUT2D eigenvalue weighted by molar-refractivity contribution is 7.89. The van der Waals surface area contributed by atoms with Crippen LogP contribution in [0, 0.1) is 6.92 Å². The molecule has 1 fully saturated rings. The van der Waals surface area contributed by atoms with Gasteiger partial charge in [-0.25, -0.2) is 8.42 Å². The third-order valence-electron chi connectivity index (χ3n) is 5.83. The fourth-order valence-corrected chi connectivity index (χ4v) is 6.86. The normalized spacial score (nSPS) is 18.5. The number of benzene rings is 1. The van der Waals surface area contributed by atoms with Crippen molar-refractivity contribution in [1.29, 1.82) is 0 Å². The Bertz CT molecular complexity index is 933. The standard InChI is InChI=1S/C22H30N2O3S2/c1-18-8-3-4-9-21(18)29(25,26)24-14-10-20-19(17-24)16-22(28-20)27-15-7-13-23-11-5-2-6-12-23/h3-4,8-9,16H,2,5-7,10-15,17H2,1H3. The van der Waals surface area contributed by atoms with Crippen LogP contribution in [-0.4, -0.2) is 50.4 Å². The molecule has 158 valence electrons. The van der Waals surface area contributed by atoms with Crippen molar-refractivity contribution >= 4 is 21.4 Å². The van der Waals surface area contributed by atoms with Crippen LogP contribution in [0.5, 0.6) is 5.06 Å². The number of nitrogens with zero attached hydrogens (tertiary/aromatic N) is 2. The number of rotatable bonds is 7. The van der Waals surface area contributed by atoms with Gasteiger partial charge in [-0.15, -0.1) is 11.3 Å². The second-order valence-electron chi connectivity index (χ2n) is 7.97. The minimum absolute atomic E-state index is 0.410. The van der Waals surface area contributed by atoms with Crippen LogP contribution in [0.3, 0.4) is 0 Å². The van der Waals surface area contributed by atoms with Crippen molar-refractivity contribution in [3.8, 4) is 5.06 Å². The summed E-state index contributed by atoms with van der Waals surface area (Å²) in [4.78, 5) is 4.20. The van der Waals surface area contributed by atoms with E-state index in [1.807, 2.05) is 25.1 Å². The average Bonchev–Trinajstić information content (AvgIpc) is 3.14. The predicted octanol–water partition coefficient (Wildman–Crippen LogP) is 4.06. The van der Waals surface area contributed by atoms with Crippen LogP contribution in [0.15, 0.2) is 35.2 Å². The summed E-state index contributed by atoms with van der Waals surface area (Å²) in [5.41, 5.74) is 1.88. The molecule has 29 heavy (non-hydrogen) atoms. The molecule has 0 aliphatic carbocycles. The van der Waals surface area contributed by atoms with Crippen LogP contribution in [-0.2, 0) is 23.0 Å². The molecular weight excluding hydrogens is 404 g/mol. The molecule has 1 saturated heterocycles. The van der Waals surface area contributed by atoms with E-state index in [4.69, 9.17) is 4.74 Å². The molecule has 2 aliphatic rings. The number of fused-ring (bicyclic) bond motifs is 1. The highest BCUT2D eigenvalue weighted by atomic mass is 32.2. The number of hydrogen-bond acceptors (Lipinski definition) is 5. The van der Waals surface area contributed by atoms with E-state index in [0.29, 0.717) is 18.0 Å². The van der Waals surface area contributed by atoms with Gasteiger partial charge in [-0.2, -0.15) is 4.31 Å². The Morgan fingerprint density at radius 3 is 2.69 bits per heavy atom. The van der Waals surface area contributed by atoms with Crippen molar-refractivity contribution in [3.63, 3.8) is 0 Å². The molecule has 0 saturated carbocycles. The van der Waals surface area contributed by atoms with Gasteiger partial charge in [-0.1, -0.05) is 24.6 Å². The minimum atomic E-state index is -3.47. The summed E-state index contributed by atoms with van der Waals surface area (Å²) in [6, 6.07) is 9.25. The maximum atomic E-state index is 13.1. The number of thiophene rings is 1. The summed E-state index contributed by atoms with van der Waals surface area (Å²) >= 11 is 1.68. The molecule has 7 heteroatoms. The molecule has 3 heterocycles. The Morgan fingerprint density at radius 2 is 1.90 bits per heavy atom. The minimum Gasteiger partial charge on any atom is -0.484 e. The van der Waals surface area contributed by atoms with Crippen LogP contribution in [0.2, 0.25) is 0 Å². The van der Waals surface area contributed by atoms with E-state index < -0.39 is 10.0 Å². The summed E-state index contributed by atoms with van der Waals surface area (Å²) in [7, 11) is -3.47. The Hall–Kier alpha value is -1.41. The predicted molar refractivity (Wildman–Crippen MR) is 117 cm³/mol. The van der Waals surface area contributed by atoms with Gasteiger partial charge < -0.3 is 9.64 Å². The Kier molecular flexibility index (Phi) is 6.59. The van der Waals surface area contributed by atoms with Crippen molar-refractivity contribution in [2.45, 2.75) is 50.5 Å². The monoisotopic (exact) mass is 434 g/mol. The van der Waals surface area contributed by atoms with E-state index >= 15 is 0 Å². The van der Waals surface area contributed by atoms with Crippen LogP contribution in [0.1, 0.15) is 41.7 Å². The smallest absolute Gasteiger partial charge is 0.243 e. The Labute approximate surface area is 178 Å². The molecule has 0 spiro atoms. The molecule has 0 unspecified atom stereocenters. The van der Waals surface area contributed by atoms with E-state index in [-0.39, 0.29) is 0 Å². The first kappa shape index (κ1) is 20.8. The van der Waals surface area contributed by atoms with E-state index in [0.717, 1.165) is 42.2 Å². The van der Waals surface area contributed by atoms with Crippen LogP contribution in [0.25, 0.3) is 0 Å². The van der Waals surface area contributed by atoms with Gasteiger partial charge >= 0.3 is 0 Å².